The number of halogens is 2. The Labute approximate surface area is 33.2 Å². The van der Waals surface area contributed by atoms with Crippen molar-refractivity contribution < 1.29 is 14.9 Å². The van der Waals surface area contributed by atoms with Crippen LogP contribution in [0.2, 0.25) is 0 Å². The number of rotatable bonds is 0. The topological polar surface area (TPSA) is 31.5 Å². The Hall–Kier alpha value is 0.352. The van der Waals surface area contributed by atoms with Gasteiger partial charge in [0.25, 0.3) is 0 Å². The summed E-state index contributed by atoms with van der Waals surface area (Å²) in [5.41, 5.74) is 0. The molecule has 2 N–H and O–H groups in total. The van der Waals surface area contributed by atoms with Crippen LogP contribution in [0.3, 0.4) is 0 Å². The third kappa shape index (κ3) is 34.6. The van der Waals surface area contributed by atoms with Crippen molar-refractivity contribution in [1.29, 1.82) is 0 Å². The van der Waals surface area contributed by atoms with E-state index >= 15 is 0 Å². The lowest BCUT2D eigenvalue weighted by Crippen LogP contribution is -0.381. The molecular weight excluding hydrogens is 81.0 g/mol. The van der Waals surface area contributed by atoms with Crippen LogP contribution in [0.5, 0.6) is 0 Å². The van der Waals surface area contributed by atoms with Crippen LogP contribution in [0.4, 0.5) is 9.41 Å². The molecular formula is H7AlF2O. The monoisotopic (exact) mass is 88.0 g/mol. The summed E-state index contributed by atoms with van der Waals surface area (Å²) in [5, 5.41) is 0. The van der Waals surface area contributed by atoms with E-state index in [-0.39, 0.29) is 32.2 Å². The Kier molecular flexibility index (Phi) is 14700. The number of hydrogen-bond donors (Lipinski definition) is 0. The van der Waals surface area contributed by atoms with E-state index in [0.29, 0.717) is 0 Å². The minimum Gasteiger partial charge on any atom is -0.412 e. The van der Waals surface area contributed by atoms with Crippen molar-refractivity contribution in [3.63, 3.8) is 0 Å². The van der Waals surface area contributed by atoms with Crippen LogP contribution in [0.15, 0.2) is 0 Å². The molecule has 0 aromatic carbocycles. The average Bonchev–Trinajstić information content (AvgIpc) is 0. The SMILES string of the molecule is F.F.O.[AlH3]. The van der Waals surface area contributed by atoms with Crippen LogP contribution in [0.1, 0.15) is 0 Å². The van der Waals surface area contributed by atoms with E-state index in [2.05, 4.69) is 0 Å². The molecule has 0 spiro atoms. The Morgan fingerprint density at radius 1 is 0.750 bits per heavy atom. The standard InChI is InChI=1S/Al.2FH.H2O.3H/h;2*1H;1H2;;;. The van der Waals surface area contributed by atoms with Crippen LogP contribution in [0.25, 0.3) is 0 Å². The van der Waals surface area contributed by atoms with Gasteiger partial charge in [0.05, 0.1) is 0 Å². The lowest BCUT2D eigenvalue weighted by molar-refractivity contribution is 0.824. The van der Waals surface area contributed by atoms with Gasteiger partial charge in [-0.05, 0) is 0 Å². The van der Waals surface area contributed by atoms with E-state index in [1.807, 2.05) is 0 Å². The van der Waals surface area contributed by atoms with Gasteiger partial charge < -0.3 is 5.48 Å². The van der Waals surface area contributed by atoms with Crippen molar-refractivity contribution in [2.75, 3.05) is 0 Å². The van der Waals surface area contributed by atoms with Gasteiger partial charge in [-0.25, -0.2) is 0 Å². The van der Waals surface area contributed by atoms with E-state index < -0.39 is 0 Å². The van der Waals surface area contributed by atoms with Gasteiger partial charge >= 0.3 is 0 Å². The summed E-state index contributed by atoms with van der Waals surface area (Å²) in [7, 11) is 0. The van der Waals surface area contributed by atoms with Crippen molar-refractivity contribution in [1.82, 2.24) is 0 Å². The molecule has 0 aromatic heterocycles. The molecule has 0 aliphatic rings. The molecule has 0 aliphatic carbocycles. The molecule has 0 heterocycles. The molecule has 0 amide bonds. The van der Waals surface area contributed by atoms with E-state index in [4.69, 9.17) is 0 Å². The van der Waals surface area contributed by atoms with Crippen LogP contribution >= 0.6 is 0 Å². The molecule has 0 saturated carbocycles. The molecule has 0 radical (unpaired) electrons. The molecule has 30 valence electrons. The normalized spacial score (nSPS) is 0. The highest BCUT2D eigenvalue weighted by atomic mass is 27.0. The van der Waals surface area contributed by atoms with Crippen LogP contribution in [-0.4, -0.2) is 22.8 Å². The highest BCUT2D eigenvalue weighted by molar-refractivity contribution is 5.75. The Bertz CT molecular complexity index is 6.00. The van der Waals surface area contributed by atoms with Crippen LogP contribution in [0, 0.1) is 0 Å². The Morgan fingerprint density at radius 3 is 0.750 bits per heavy atom. The van der Waals surface area contributed by atoms with Crippen molar-refractivity contribution in [2.24, 2.45) is 0 Å². The summed E-state index contributed by atoms with van der Waals surface area (Å²) in [5.74, 6) is 0. The van der Waals surface area contributed by atoms with Crippen molar-refractivity contribution in [3.05, 3.63) is 0 Å². The maximum Gasteiger partial charge on any atom is 0.187 e. The molecule has 1 nitrogen and oxygen atoms in total. The molecule has 0 aliphatic heterocycles. The second-order valence-electron chi connectivity index (χ2n) is 0. The molecule has 0 atom stereocenters. The van der Waals surface area contributed by atoms with Gasteiger partial charge in [0.1, 0.15) is 0 Å². The summed E-state index contributed by atoms with van der Waals surface area (Å²) in [6.45, 7) is 0. The third-order valence-electron chi connectivity index (χ3n) is 0. The predicted octanol–water partition coefficient (Wildman–Crippen LogP) is -1.70. The van der Waals surface area contributed by atoms with E-state index in [0.717, 1.165) is 0 Å². The first-order valence-electron chi connectivity index (χ1n) is 0. The molecule has 0 bridgehead atoms. The fourth-order valence-corrected chi connectivity index (χ4v) is 0. The Morgan fingerprint density at radius 2 is 0.750 bits per heavy atom. The first-order valence-corrected chi connectivity index (χ1v) is 0. The second-order valence-corrected chi connectivity index (χ2v) is 0. The van der Waals surface area contributed by atoms with Crippen molar-refractivity contribution in [3.8, 4) is 0 Å². The summed E-state index contributed by atoms with van der Waals surface area (Å²) in [6, 6.07) is 0. The average molecular weight is 88.0 g/mol. The smallest absolute Gasteiger partial charge is 0.187 e. The van der Waals surface area contributed by atoms with Crippen LogP contribution in [-0.2, 0) is 0 Å². The summed E-state index contributed by atoms with van der Waals surface area (Å²) in [4.78, 5) is 0. The second kappa shape index (κ2) is 149. The predicted molar refractivity (Wildman–Crippen MR) is 18.6 cm³/mol. The summed E-state index contributed by atoms with van der Waals surface area (Å²) in [6.07, 6.45) is 0. The fraction of sp³-hybridized carbons (Fsp3) is 0. The highest BCUT2D eigenvalue weighted by Crippen LogP contribution is 0.421. The van der Waals surface area contributed by atoms with Crippen LogP contribution < -0.4 is 0 Å². The summed E-state index contributed by atoms with van der Waals surface area (Å²) < 4.78 is 0. The van der Waals surface area contributed by atoms with Gasteiger partial charge in [-0.3, -0.25) is 9.41 Å². The third-order valence-corrected chi connectivity index (χ3v) is 0. The quantitative estimate of drug-likeness (QED) is 0.316. The van der Waals surface area contributed by atoms with Gasteiger partial charge in [0, 0.05) is 0 Å². The highest BCUT2D eigenvalue weighted by Gasteiger charge is 0.187. The van der Waals surface area contributed by atoms with Gasteiger partial charge in [-0.2, -0.15) is 0 Å². The first-order chi connectivity index (χ1) is 0. The van der Waals surface area contributed by atoms with Gasteiger partial charge in [-0.15, -0.1) is 0 Å². The maximum atomic E-state index is 0. The molecule has 0 unspecified atom stereocenters. The fourth-order valence-electron chi connectivity index (χ4n) is 0. The molecule has 0 saturated heterocycles. The molecule has 4 heavy (non-hydrogen) atoms. The number of hydrogen-bond acceptors (Lipinski definition) is 0. The molecule has 0 rings (SSSR count). The zero-order chi connectivity index (χ0) is 0. The summed E-state index contributed by atoms with van der Waals surface area (Å²) >= 11 is 0. The van der Waals surface area contributed by atoms with Gasteiger partial charge in [0.15, 0.2) is 17.4 Å². The zero-order valence-electron chi connectivity index (χ0n) is 1.32. The lowest BCUT2D eigenvalue weighted by Gasteiger charge is -0.412. The molecule has 0 fully saturated rings. The first kappa shape index (κ1) is 394. The lowest BCUT2D eigenvalue weighted by atomic mass is 16.0. The van der Waals surface area contributed by atoms with Crippen molar-refractivity contribution >= 4 is 17.4 Å². The van der Waals surface area contributed by atoms with Gasteiger partial charge in [-0.1, -0.05) is 0 Å². The van der Waals surface area contributed by atoms with E-state index in [1.54, 1.807) is 0 Å². The van der Waals surface area contributed by atoms with Crippen molar-refractivity contribution in [2.45, 2.75) is 0 Å². The van der Waals surface area contributed by atoms with E-state index in [9.17, 15) is 0 Å². The minimum absolute atomic E-state index is 0. The minimum atomic E-state index is 0. The zero-order valence-corrected chi connectivity index (χ0v) is 1.32. The molecule has 0 aromatic rings. The molecule has 4 heteroatoms. The van der Waals surface area contributed by atoms with E-state index in [1.165, 1.54) is 0 Å². The largest absolute Gasteiger partial charge is 0.412 e. The maximum absolute atomic E-state index is 0. The Balaban J connectivity index is 0. The van der Waals surface area contributed by atoms with Gasteiger partial charge in [0.2, 0.25) is 0 Å².